The Balaban J connectivity index is 1.79. The third-order valence-corrected chi connectivity index (χ3v) is 6.14. The summed E-state index contributed by atoms with van der Waals surface area (Å²) in [6, 6.07) is 9.16. The minimum Gasteiger partial charge on any atom is -0.346 e. The van der Waals surface area contributed by atoms with Gasteiger partial charge in [-0.1, -0.05) is 12.1 Å². The first kappa shape index (κ1) is 17.5. The van der Waals surface area contributed by atoms with Crippen LogP contribution in [0.1, 0.15) is 36.1 Å². The molecule has 0 radical (unpaired) electrons. The Kier molecular flexibility index (Phi) is 4.31. The number of anilines is 1. The summed E-state index contributed by atoms with van der Waals surface area (Å²) in [5.74, 6) is 0.915. The van der Waals surface area contributed by atoms with E-state index in [4.69, 9.17) is 0 Å². The number of alkyl halides is 3. The fourth-order valence-corrected chi connectivity index (χ4v) is 4.70. The molecule has 2 aromatic rings. The van der Waals surface area contributed by atoms with E-state index in [0.717, 1.165) is 42.5 Å². The van der Waals surface area contributed by atoms with E-state index >= 15 is 0 Å². The van der Waals surface area contributed by atoms with Gasteiger partial charge in [0.2, 0.25) is 0 Å². The van der Waals surface area contributed by atoms with Crippen LogP contribution < -0.4 is 4.90 Å². The molecule has 7 heteroatoms. The largest absolute Gasteiger partial charge is 0.416 e. The van der Waals surface area contributed by atoms with Gasteiger partial charge < -0.3 is 5.11 Å². The standard InChI is InChI=1S/C19H20F3N2OS/c20-19(21,22)14-6-4-7-15(12-14)23-13-18(25,16-8-5-11-26-16)24-10-3-1-2-9-17(23)24/h4-8,11-12,25H,1-3,9-10,13H2/q+1/t18-/m0/s1. The number of halogens is 3. The fourth-order valence-electron chi connectivity index (χ4n) is 3.88. The lowest BCUT2D eigenvalue weighted by Gasteiger charge is -2.21. The maximum Gasteiger partial charge on any atom is 0.416 e. The summed E-state index contributed by atoms with van der Waals surface area (Å²) >= 11 is 1.47. The predicted molar refractivity (Wildman–Crippen MR) is 95.6 cm³/mol. The van der Waals surface area contributed by atoms with Gasteiger partial charge in [-0.2, -0.15) is 13.2 Å². The van der Waals surface area contributed by atoms with Gasteiger partial charge in [-0.15, -0.1) is 11.3 Å². The summed E-state index contributed by atoms with van der Waals surface area (Å²) in [5.41, 5.74) is -1.38. The van der Waals surface area contributed by atoms with Gasteiger partial charge in [0, 0.05) is 6.42 Å². The van der Waals surface area contributed by atoms with E-state index < -0.39 is 17.5 Å². The van der Waals surface area contributed by atoms with Gasteiger partial charge >= 0.3 is 6.18 Å². The monoisotopic (exact) mass is 381 g/mol. The molecule has 0 saturated carbocycles. The highest BCUT2D eigenvalue weighted by Gasteiger charge is 2.52. The van der Waals surface area contributed by atoms with Crippen LogP contribution in [-0.4, -0.2) is 28.6 Å². The van der Waals surface area contributed by atoms with Crippen molar-refractivity contribution in [2.45, 2.75) is 37.6 Å². The molecule has 2 aliphatic heterocycles. The molecule has 0 amide bonds. The quantitative estimate of drug-likeness (QED) is 0.780. The molecule has 0 bridgehead atoms. The van der Waals surface area contributed by atoms with Crippen LogP contribution in [0.15, 0.2) is 41.8 Å². The van der Waals surface area contributed by atoms with Crippen LogP contribution >= 0.6 is 11.3 Å². The molecule has 1 aromatic carbocycles. The maximum absolute atomic E-state index is 13.1. The van der Waals surface area contributed by atoms with E-state index in [-0.39, 0.29) is 6.54 Å². The van der Waals surface area contributed by atoms with Crippen molar-refractivity contribution in [1.82, 2.24) is 0 Å². The van der Waals surface area contributed by atoms with E-state index in [0.29, 0.717) is 12.2 Å². The molecule has 26 heavy (non-hydrogen) atoms. The van der Waals surface area contributed by atoms with Crippen LogP contribution in [0.3, 0.4) is 0 Å². The van der Waals surface area contributed by atoms with Crippen molar-refractivity contribution in [1.29, 1.82) is 0 Å². The van der Waals surface area contributed by atoms with Crippen LogP contribution in [0.4, 0.5) is 18.9 Å². The van der Waals surface area contributed by atoms with Gasteiger partial charge in [-0.3, -0.25) is 0 Å². The Bertz CT molecular complexity index is 832. The molecule has 4 rings (SSSR count). The number of hydrogen-bond acceptors (Lipinski definition) is 3. The van der Waals surface area contributed by atoms with Crippen LogP contribution in [0, 0.1) is 0 Å². The highest BCUT2D eigenvalue weighted by atomic mass is 32.1. The lowest BCUT2D eigenvalue weighted by Crippen LogP contribution is -2.40. The summed E-state index contributed by atoms with van der Waals surface area (Å²) in [4.78, 5) is 2.69. The Labute approximate surface area is 154 Å². The van der Waals surface area contributed by atoms with Crippen molar-refractivity contribution in [2.75, 3.05) is 18.0 Å². The zero-order valence-electron chi connectivity index (χ0n) is 14.2. The van der Waals surface area contributed by atoms with Gasteiger partial charge in [0.25, 0.3) is 11.6 Å². The third-order valence-electron chi connectivity index (χ3n) is 5.13. The van der Waals surface area contributed by atoms with E-state index in [1.165, 1.54) is 23.5 Å². The topological polar surface area (TPSA) is 26.5 Å². The van der Waals surface area contributed by atoms with Crippen molar-refractivity contribution >= 4 is 22.9 Å². The average Bonchev–Trinajstić information content (AvgIpc) is 3.16. The Hall–Kier alpha value is -1.86. The smallest absolute Gasteiger partial charge is 0.346 e. The number of rotatable bonds is 2. The van der Waals surface area contributed by atoms with Crippen molar-refractivity contribution in [3.05, 3.63) is 52.2 Å². The third kappa shape index (κ3) is 2.93. The van der Waals surface area contributed by atoms with E-state index in [9.17, 15) is 18.3 Å². The number of nitrogens with zero attached hydrogens (tertiary/aromatic N) is 2. The summed E-state index contributed by atoms with van der Waals surface area (Å²) in [6.45, 7) is 0.948. The predicted octanol–water partition coefficient (Wildman–Crippen LogP) is 4.42. The average molecular weight is 381 g/mol. The molecule has 0 saturated heterocycles. The van der Waals surface area contributed by atoms with Crippen LogP contribution in [0.25, 0.3) is 0 Å². The zero-order valence-corrected chi connectivity index (χ0v) is 15.0. The first-order valence-electron chi connectivity index (χ1n) is 8.74. The first-order chi connectivity index (χ1) is 12.4. The molecule has 1 atom stereocenters. The SMILES string of the molecule is O[C@]1(c2cccs2)CN(c2cccc(C(F)(F)F)c2)C2=[N+]1CCCCC2. The van der Waals surface area contributed by atoms with Crippen LogP contribution in [0.5, 0.6) is 0 Å². The van der Waals surface area contributed by atoms with E-state index in [1.807, 2.05) is 27.0 Å². The van der Waals surface area contributed by atoms with E-state index in [2.05, 4.69) is 0 Å². The molecular weight excluding hydrogens is 361 g/mol. The van der Waals surface area contributed by atoms with Crippen molar-refractivity contribution in [3.63, 3.8) is 0 Å². The second-order valence-corrected chi connectivity index (χ2v) is 7.75. The highest BCUT2D eigenvalue weighted by Crippen LogP contribution is 2.38. The lowest BCUT2D eigenvalue weighted by molar-refractivity contribution is -0.657. The van der Waals surface area contributed by atoms with Gasteiger partial charge in [0.05, 0.1) is 17.0 Å². The number of β-amino-alcohol motifs (C(OH)–C–C–N with tert-alkyl or cyclic N) is 1. The summed E-state index contributed by atoms with van der Waals surface area (Å²) in [6.07, 6.45) is -0.635. The van der Waals surface area contributed by atoms with Crippen LogP contribution in [-0.2, 0) is 11.9 Å². The maximum atomic E-state index is 13.1. The fraction of sp³-hybridized carbons (Fsp3) is 0.421. The molecular formula is C19H20F3N2OS+. The van der Waals surface area contributed by atoms with Crippen molar-refractivity contribution in [2.24, 2.45) is 0 Å². The molecule has 0 unspecified atom stereocenters. The molecule has 0 aliphatic carbocycles. The molecule has 1 N–H and O–H groups in total. The molecule has 3 nitrogen and oxygen atoms in total. The first-order valence-corrected chi connectivity index (χ1v) is 9.62. The number of thiophene rings is 1. The molecule has 1 aromatic heterocycles. The van der Waals surface area contributed by atoms with E-state index in [1.54, 1.807) is 6.07 Å². The van der Waals surface area contributed by atoms with Gasteiger partial charge in [0.1, 0.15) is 5.69 Å². The number of hydrogen-bond donors (Lipinski definition) is 1. The normalized spacial score (nSPS) is 23.9. The number of aliphatic hydroxyl groups is 1. The molecule has 138 valence electrons. The minimum atomic E-state index is -4.38. The Morgan fingerprint density at radius 1 is 1.12 bits per heavy atom. The second kappa shape index (κ2) is 6.39. The molecule has 0 spiro atoms. The summed E-state index contributed by atoms with van der Waals surface area (Å²) in [7, 11) is 0. The van der Waals surface area contributed by atoms with Crippen molar-refractivity contribution in [3.8, 4) is 0 Å². The van der Waals surface area contributed by atoms with Gasteiger partial charge in [-0.25, -0.2) is 9.48 Å². The zero-order chi connectivity index (χ0) is 18.4. The van der Waals surface area contributed by atoms with Gasteiger partial charge in [0.15, 0.2) is 6.54 Å². The van der Waals surface area contributed by atoms with Gasteiger partial charge in [-0.05, 0) is 48.9 Å². The Morgan fingerprint density at radius 2 is 1.96 bits per heavy atom. The molecule has 0 fully saturated rings. The summed E-state index contributed by atoms with van der Waals surface area (Å²) in [5, 5.41) is 13.4. The van der Waals surface area contributed by atoms with Crippen LogP contribution in [0.2, 0.25) is 0 Å². The molecule has 2 aliphatic rings. The lowest BCUT2D eigenvalue weighted by atomic mass is 10.1. The summed E-state index contributed by atoms with van der Waals surface area (Å²) < 4.78 is 41.4. The minimum absolute atomic E-state index is 0.240. The van der Waals surface area contributed by atoms with Crippen molar-refractivity contribution < 1.29 is 22.9 Å². The number of benzene rings is 1. The number of amidine groups is 1. The molecule has 3 heterocycles. The second-order valence-electron chi connectivity index (χ2n) is 6.81. The Morgan fingerprint density at radius 3 is 2.69 bits per heavy atom. The highest BCUT2D eigenvalue weighted by molar-refractivity contribution is 7.10.